The lowest BCUT2D eigenvalue weighted by atomic mass is 10.1. The second kappa shape index (κ2) is 7.58. The Balaban J connectivity index is 1.82. The molecule has 1 heterocycles. The van der Waals surface area contributed by atoms with Gasteiger partial charge in [-0.2, -0.15) is 9.90 Å². The Kier molecular flexibility index (Phi) is 5.23. The summed E-state index contributed by atoms with van der Waals surface area (Å²) in [5.74, 6) is 0.425. The largest absolute Gasteiger partial charge is 0.496 e. The van der Waals surface area contributed by atoms with Crippen molar-refractivity contribution in [1.29, 1.82) is 0 Å². The SMILES string of the molecule is COc1ccccc1[C@H](C)NC(=O)c1nn(-c2cccc(Cl)c2)nc1C. The van der Waals surface area contributed by atoms with E-state index in [0.717, 1.165) is 11.3 Å². The average molecular weight is 371 g/mol. The van der Waals surface area contributed by atoms with Gasteiger partial charge in [-0.15, -0.1) is 5.10 Å². The zero-order chi connectivity index (χ0) is 18.7. The lowest BCUT2D eigenvalue weighted by molar-refractivity contribution is 0.0933. The molecule has 26 heavy (non-hydrogen) atoms. The molecule has 1 aromatic heterocycles. The van der Waals surface area contributed by atoms with Gasteiger partial charge in [0.2, 0.25) is 0 Å². The van der Waals surface area contributed by atoms with Crippen molar-refractivity contribution in [1.82, 2.24) is 20.3 Å². The van der Waals surface area contributed by atoms with Gasteiger partial charge >= 0.3 is 0 Å². The quantitative estimate of drug-likeness (QED) is 0.743. The van der Waals surface area contributed by atoms with Gasteiger partial charge in [-0.1, -0.05) is 35.9 Å². The van der Waals surface area contributed by atoms with E-state index in [0.29, 0.717) is 16.4 Å². The summed E-state index contributed by atoms with van der Waals surface area (Å²) in [7, 11) is 1.61. The first kappa shape index (κ1) is 17.9. The highest BCUT2D eigenvalue weighted by Crippen LogP contribution is 2.24. The molecule has 0 bridgehead atoms. The third kappa shape index (κ3) is 3.70. The monoisotopic (exact) mass is 370 g/mol. The zero-order valence-electron chi connectivity index (χ0n) is 14.7. The predicted octanol–water partition coefficient (Wildman–Crippen LogP) is 3.73. The molecule has 6 nitrogen and oxygen atoms in total. The number of para-hydroxylation sites is 1. The van der Waals surface area contributed by atoms with Crippen LogP contribution in [0.1, 0.15) is 34.7 Å². The summed E-state index contributed by atoms with van der Waals surface area (Å²) < 4.78 is 5.35. The Morgan fingerprint density at radius 2 is 1.96 bits per heavy atom. The molecule has 1 N–H and O–H groups in total. The number of nitrogens with zero attached hydrogens (tertiary/aromatic N) is 3. The maximum Gasteiger partial charge on any atom is 0.274 e. The van der Waals surface area contributed by atoms with Crippen molar-refractivity contribution in [2.75, 3.05) is 7.11 Å². The van der Waals surface area contributed by atoms with E-state index in [1.54, 1.807) is 32.2 Å². The molecule has 0 radical (unpaired) electrons. The van der Waals surface area contributed by atoms with Crippen molar-refractivity contribution in [2.24, 2.45) is 0 Å². The topological polar surface area (TPSA) is 69.0 Å². The highest BCUT2D eigenvalue weighted by Gasteiger charge is 2.20. The van der Waals surface area contributed by atoms with E-state index in [9.17, 15) is 4.79 Å². The number of methoxy groups -OCH3 is 1. The summed E-state index contributed by atoms with van der Waals surface area (Å²) in [4.78, 5) is 14.1. The van der Waals surface area contributed by atoms with Crippen molar-refractivity contribution in [3.8, 4) is 11.4 Å². The van der Waals surface area contributed by atoms with Crippen LogP contribution in [0.3, 0.4) is 0 Å². The van der Waals surface area contributed by atoms with Crippen LogP contribution in [0.4, 0.5) is 0 Å². The lowest BCUT2D eigenvalue weighted by Crippen LogP contribution is -2.28. The minimum absolute atomic E-state index is 0.241. The van der Waals surface area contributed by atoms with E-state index in [-0.39, 0.29) is 17.6 Å². The van der Waals surface area contributed by atoms with Gasteiger partial charge in [0, 0.05) is 10.6 Å². The van der Waals surface area contributed by atoms with Crippen molar-refractivity contribution < 1.29 is 9.53 Å². The summed E-state index contributed by atoms with van der Waals surface area (Å²) in [5, 5.41) is 12.2. The normalized spacial score (nSPS) is 11.8. The highest BCUT2D eigenvalue weighted by atomic mass is 35.5. The van der Waals surface area contributed by atoms with Gasteiger partial charge in [-0.25, -0.2) is 0 Å². The molecule has 134 valence electrons. The fourth-order valence-electron chi connectivity index (χ4n) is 2.67. The van der Waals surface area contributed by atoms with E-state index in [1.807, 2.05) is 37.3 Å². The number of carbonyl (C=O) groups excluding carboxylic acids is 1. The van der Waals surface area contributed by atoms with E-state index < -0.39 is 0 Å². The van der Waals surface area contributed by atoms with Crippen molar-refractivity contribution in [3.05, 3.63) is 70.5 Å². The standard InChI is InChI=1S/C19H19ClN4O2/c1-12(16-9-4-5-10-17(16)26-3)21-19(25)18-13(2)22-24(23-18)15-8-6-7-14(20)11-15/h4-12H,1-3H3,(H,21,25)/t12-/m0/s1. The number of amides is 1. The Bertz CT molecular complexity index is 939. The molecule has 0 spiro atoms. The molecule has 0 unspecified atom stereocenters. The smallest absolute Gasteiger partial charge is 0.274 e. The van der Waals surface area contributed by atoms with Gasteiger partial charge < -0.3 is 10.1 Å². The van der Waals surface area contributed by atoms with Crippen molar-refractivity contribution in [3.63, 3.8) is 0 Å². The minimum Gasteiger partial charge on any atom is -0.496 e. The molecule has 0 saturated heterocycles. The van der Waals surface area contributed by atoms with Crippen LogP contribution < -0.4 is 10.1 Å². The Labute approximate surface area is 156 Å². The van der Waals surface area contributed by atoms with Crippen LogP contribution in [0.15, 0.2) is 48.5 Å². The number of nitrogens with one attached hydrogen (secondary N) is 1. The number of ether oxygens (including phenoxy) is 1. The van der Waals surface area contributed by atoms with E-state index in [2.05, 4.69) is 15.5 Å². The summed E-state index contributed by atoms with van der Waals surface area (Å²) in [6, 6.07) is 14.5. The molecule has 0 aliphatic heterocycles. The van der Waals surface area contributed by atoms with Gasteiger partial charge in [0.1, 0.15) is 5.75 Å². The van der Waals surface area contributed by atoms with E-state index >= 15 is 0 Å². The molecule has 1 amide bonds. The van der Waals surface area contributed by atoms with Crippen molar-refractivity contribution in [2.45, 2.75) is 19.9 Å². The number of rotatable bonds is 5. The summed E-state index contributed by atoms with van der Waals surface area (Å²) in [5.41, 5.74) is 2.39. The van der Waals surface area contributed by atoms with E-state index in [1.165, 1.54) is 4.80 Å². The lowest BCUT2D eigenvalue weighted by Gasteiger charge is -2.16. The first-order valence-electron chi connectivity index (χ1n) is 8.13. The van der Waals surface area contributed by atoms with Gasteiger partial charge in [-0.05, 0) is 38.1 Å². The molecule has 3 aromatic rings. The van der Waals surface area contributed by atoms with Crippen LogP contribution in [0, 0.1) is 6.92 Å². The first-order chi connectivity index (χ1) is 12.5. The molecule has 0 fully saturated rings. The van der Waals surface area contributed by atoms with Crippen LogP contribution >= 0.6 is 11.6 Å². The maximum atomic E-state index is 12.7. The Morgan fingerprint density at radius 1 is 1.19 bits per heavy atom. The highest BCUT2D eigenvalue weighted by molar-refractivity contribution is 6.30. The summed E-state index contributed by atoms with van der Waals surface area (Å²) >= 11 is 6.01. The number of hydrogen-bond donors (Lipinski definition) is 1. The average Bonchev–Trinajstić information content (AvgIpc) is 3.03. The number of hydrogen-bond acceptors (Lipinski definition) is 4. The van der Waals surface area contributed by atoms with Gasteiger partial charge in [0.25, 0.3) is 5.91 Å². The first-order valence-corrected chi connectivity index (χ1v) is 8.51. The van der Waals surface area contributed by atoms with Gasteiger partial charge in [0.15, 0.2) is 5.69 Å². The molecule has 1 atom stereocenters. The van der Waals surface area contributed by atoms with Crippen LogP contribution in [0.5, 0.6) is 5.75 Å². The molecular formula is C19H19ClN4O2. The zero-order valence-corrected chi connectivity index (χ0v) is 15.5. The molecule has 0 aliphatic rings. The van der Waals surface area contributed by atoms with Gasteiger partial charge in [-0.3, -0.25) is 4.79 Å². The third-order valence-corrected chi connectivity index (χ3v) is 4.22. The number of benzene rings is 2. The second-order valence-corrected chi connectivity index (χ2v) is 6.28. The second-order valence-electron chi connectivity index (χ2n) is 5.84. The molecule has 0 aliphatic carbocycles. The van der Waals surface area contributed by atoms with Crippen LogP contribution in [0.25, 0.3) is 5.69 Å². The number of aryl methyl sites for hydroxylation is 1. The number of aromatic nitrogens is 3. The van der Waals surface area contributed by atoms with Crippen LogP contribution in [-0.2, 0) is 0 Å². The van der Waals surface area contributed by atoms with Crippen molar-refractivity contribution >= 4 is 17.5 Å². The molecule has 3 rings (SSSR count). The van der Waals surface area contributed by atoms with Gasteiger partial charge in [0.05, 0.1) is 24.5 Å². The fourth-order valence-corrected chi connectivity index (χ4v) is 2.86. The Hall–Kier alpha value is -2.86. The molecule has 2 aromatic carbocycles. The number of carbonyl (C=O) groups is 1. The molecule has 0 saturated carbocycles. The summed E-state index contributed by atoms with van der Waals surface area (Å²) in [6.07, 6.45) is 0. The summed E-state index contributed by atoms with van der Waals surface area (Å²) in [6.45, 7) is 3.64. The van der Waals surface area contributed by atoms with E-state index in [4.69, 9.17) is 16.3 Å². The third-order valence-electron chi connectivity index (χ3n) is 3.99. The predicted molar refractivity (Wildman–Crippen MR) is 100.0 cm³/mol. The minimum atomic E-state index is -0.297. The Morgan fingerprint density at radius 3 is 2.69 bits per heavy atom. The molecule has 7 heteroatoms. The number of halogens is 1. The fraction of sp³-hybridized carbons (Fsp3) is 0.211. The molecular weight excluding hydrogens is 352 g/mol. The van der Waals surface area contributed by atoms with Crippen LogP contribution in [0.2, 0.25) is 5.02 Å². The maximum absolute atomic E-state index is 12.7. The van der Waals surface area contributed by atoms with Crippen LogP contribution in [-0.4, -0.2) is 28.0 Å².